The number of aromatic nitrogens is 1. The Hall–Kier alpha value is -2.14. The van der Waals surface area contributed by atoms with E-state index in [-0.39, 0.29) is 6.61 Å². The molecular weight excluding hydrogens is 336 g/mol. The first-order valence-corrected chi connectivity index (χ1v) is 9.26. The highest BCUT2D eigenvalue weighted by atomic mass is 32.1. The number of hydrogen-bond acceptors (Lipinski definition) is 7. The summed E-state index contributed by atoms with van der Waals surface area (Å²) in [6.07, 6.45) is 1.71. The van der Waals surface area contributed by atoms with E-state index < -0.39 is 6.10 Å². The first-order chi connectivity index (χ1) is 12.2. The van der Waals surface area contributed by atoms with Gasteiger partial charge in [-0.3, -0.25) is 4.90 Å². The maximum Gasteiger partial charge on any atom is 0.185 e. The summed E-state index contributed by atoms with van der Waals surface area (Å²) >= 11 is 1.66. The summed E-state index contributed by atoms with van der Waals surface area (Å²) in [5.41, 5.74) is 0.966. The molecular formula is C18H22N4O2S. The van der Waals surface area contributed by atoms with E-state index >= 15 is 0 Å². The molecule has 2 heterocycles. The topological polar surface area (TPSA) is 72.6 Å². The Balaban J connectivity index is 1.38. The van der Waals surface area contributed by atoms with Gasteiger partial charge in [0.15, 0.2) is 5.13 Å². The molecule has 0 spiro atoms. The number of aliphatic hydroxyl groups excluding tert-OH is 1. The van der Waals surface area contributed by atoms with E-state index in [1.165, 1.54) is 0 Å². The predicted molar refractivity (Wildman–Crippen MR) is 98.0 cm³/mol. The number of thiazole rings is 1. The van der Waals surface area contributed by atoms with Crippen molar-refractivity contribution in [2.45, 2.75) is 12.5 Å². The Morgan fingerprint density at radius 1 is 1.24 bits per heavy atom. The number of ether oxygens (including phenoxy) is 1. The molecule has 25 heavy (non-hydrogen) atoms. The number of nitriles is 1. The van der Waals surface area contributed by atoms with E-state index in [0.717, 1.165) is 36.9 Å². The Kier molecular flexibility index (Phi) is 6.23. The normalized spacial score (nSPS) is 16.4. The van der Waals surface area contributed by atoms with Crippen molar-refractivity contribution in [1.82, 2.24) is 9.88 Å². The third-order valence-electron chi connectivity index (χ3n) is 4.18. The molecule has 2 aromatic rings. The molecule has 1 saturated heterocycles. The van der Waals surface area contributed by atoms with Gasteiger partial charge >= 0.3 is 0 Å². The second kappa shape index (κ2) is 8.81. The molecule has 0 aliphatic carbocycles. The molecule has 0 bridgehead atoms. The van der Waals surface area contributed by atoms with Gasteiger partial charge in [0.2, 0.25) is 0 Å². The molecule has 0 amide bonds. The van der Waals surface area contributed by atoms with Crippen LogP contribution >= 0.6 is 11.3 Å². The first-order valence-electron chi connectivity index (χ1n) is 8.38. The second-order valence-electron chi connectivity index (χ2n) is 6.05. The highest BCUT2D eigenvalue weighted by Crippen LogP contribution is 2.19. The zero-order chi connectivity index (χ0) is 17.5. The van der Waals surface area contributed by atoms with E-state index in [2.05, 4.69) is 20.9 Å². The minimum absolute atomic E-state index is 0.268. The molecule has 7 heteroatoms. The van der Waals surface area contributed by atoms with Gasteiger partial charge in [0, 0.05) is 44.3 Å². The Morgan fingerprint density at radius 3 is 2.64 bits per heavy atom. The van der Waals surface area contributed by atoms with Crippen LogP contribution in [0.1, 0.15) is 5.56 Å². The van der Waals surface area contributed by atoms with Crippen LogP contribution in [-0.2, 0) is 6.42 Å². The van der Waals surface area contributed by atoms with Crippen LogP contribution in [0.5, 0.6) is 5.75 Å². The van der Waals surface area contributed by atoms with Crippen LogP contribution in [0.25, 0.3) is 0 Å². The zero-order valence-corrected chi connectivity index (χ0v) is 14.9. The lowest BCUT2D eigenvalue weighted by atomic mass is 10.2. The number of hydrogen-bond donors (Lipinski definition) is 1. The molecule has 1 N–H and O–H groups in total. The molecule has 1 unspecified atom stereocenters. The van der Waals surface area contributed by atoms with Crippen LogP contribution in [0.2, 0.25) is 0 Å². The van der Waals surface area contributed by atoms with Gasteiger partial charge in [0.05, 0.1) is 12.5 Å². The number of aliphatic hydroxyl groups is 1. The summed E-state index contributed by atoms with van der Waals surface area (Å²) in [6.45, 7) is 4.57. The number of β-amino-alcohol motifs (C(OH)–C–C–N with tert-alkyl or cyclic N) is 1. The van der Waals surface area contributed by atoms with Crippen molar-refractivity contribution in [3.05, 3.63) is 41.4 Å². The summed E-state index contributed by atoms with van der Waals surface area (Å²) in [7, 11) is 0. The number of rotatable bonds is 7. The molecule has 1 fully saturated rings. The number of nitrogens with zero attached hydrogens (tertiary/aromatic N) is 4. The van der Waals surface area contributed by atoms with Crippen LogP contribution in [0.15, 0.2) is 35.8 Å². The van der Waals surface area contributed by atoms with Crippen molar-refractivity contribution < 1.29 is 9.84 Å². The fourth-order valence-electron chi connectivity index (χ4n) is 2.83. The van der Waals surface area contributed by atoms with Crippen molar-refractivity contribution >= 4 is 16.5 Å². The summed E-state index contributed by atoms with van der Waals surface area (Å²) < 4.78 is 5.64. The average molecular weight is 358 g/mol. The van der Waals surface area contributed by atoms with E-state index in [9.17, 15) is 5.11 Å². The van der Waals surface area contributed by atoms with Gasteiger partial charge in [-0.25, -0.2) is 4.98 Å². The summed E-state index contributed by atoms with van der Waals surface area (Å²) in [4.78, 5) is 8.89. The molecule has 0 radical (unpaired) electrons. The summed E-state index contributed by atoms with van der Waals surface area (Å²) in [5, 5.41) is 22.0. The van der Waals surface area contributed by atoms with Crippen LogP contribution in [-0.4, -0.2) is 60.4 Å². The van der Waals surface area contributed by atoms with Gasteiger partial charge in [-0.1, -0.05) is 12.1 Å². The van der Waals surface area contributed by atoms with Crippen molar-refractivity contribution in [2.24, 2.45) is 0 Å². The molecule has 6 nitrogen and oxygen atoms in total. The Morgan fingerprint density at radius 2 is 2.00 bits per heavy atom. The van der Waals surface area contributed by atoms with Crippen LogP contribution in [0.3, 0.4) is 0 Å². The lowest BCUT2D eigenvalue weighted by Gasteiger charge is -2.35. The van der Waals surface area contributed by atoms with Gasteiger partial charge in [0.25, 0.3) is 0 Å². The van der Waals surface area contributed by atoms with Crippen molar-refractivity contribution in [1.29, 1.82) is 5.26 Å². The largest absolute Gasteiger partial charge is 0.491 e. The molecule has 1 atom stereocenters. The third-order valence-corrected chi connectivity index (χ3v) is 5.01. The standard InChI is InChI=1S/C18H22N4O2S/c19-6-5-15-1-3-17(4-2-15)24-14-16(23)13-21-8-10-22(11-9-21)18-20-7-12-25-18/h1-4,7,12,16,23H,5,8-11,13-14H2. The molecule has 1 aliphatic rings. The van der Waals surface area contributed by atoms with Crippen molar-refractivity contribution in [3.63, 3.8) is 0 Å². The van der Waals surface area contributed by atoms with Gasteiger partial charge in [-0.05, 0) is 17.7 Å². The quantitative estimate of drug-likeness (QED) is 0.813. The average Bonchev–Trinajstić information content (AvgIpc) is 3.17. The number of benzene rings is 1. The fourth-order valence-corrected chi connectivity index (χ4v) is 3.53. The molecule has 0 saturated carbocycles. The smallest absolute Gasteiger partial charge is 0.185 e. The maximum absolute atomic E-state index is 10.2. The minimum Gasteiger partial charge on any atom is -0.491 e. The Labute approximate surface area is 151 Å². The lowest BCUT2D eigenvalue weighted by molar-refractivity contribution is 0.0663. The number of piperazine rings is 1. The maximum atomic E-state index is 10.2. The van der Waals surface area contributed by atoms with E-state index in [1.54, 1.807) is 11.3 Å². The van der Waals surface area contributed by atoms with Crippen LogP contribution < -0.4 is 9.64 Å². The van der Waals surface area contributed by atoms with Crippen LogP contribution in [0.4, 0.5) is 5.13 Å². The highest BCUT2D eigenvalue weighted by Gasteiger charge is 2.20. The van der Waals surface area contributed by atoms with E-state index in [4.69, 9.17) is 10.00 Å². The Bertz CT molecular complexity index is 676. The molecule has 1 aromatic heterocycles. The third kappa shape index (κ3) is 5.16. The molecule has 1 aliphatic heterocycles. The van der Waals surface area contributed by atoms with Crippen molar-refractivity contribution in [2.75, 3.05) is 44.2 Å². The van der Waals surface area contributed by atoms with Crippen molar-refractivity contribution in [3.8, 4) is 11.8 Å². The molecule has 132 valence electrons. The lowest BCUT2D eigenvalue weighted by Crippen LogP contribution is -2.49. The van der Waals surface area contributed by atoms with E-state index in [0.29, 0.717) is 18.7 Å². The monoisotopic (exact) mass is 358 g/mol. The zero-order valence-electron chi connectivity index (χ0n) is 14.0. The summed E-state index contributed by atoms with van der Waals surface area (Å²) in [6, 6.07) is 9.55. The van der Waals surface area contributed by atoms with Gasteiger partial charge in [-0.15, -0.1) is 11.3 Å². The molecule has 3 rings (SSSR count). The fraction of sp³-hybridized carbons (Fsp3) is 0.444. The van der Waals surface area contributed by atoms with Gasteiger partial charge < -0.3 is 14.7 Å². The first kappa shape index (κ1) is 17.7. The van der Waals surface area contributed by atoms with Gasteiger partial charge in [0.1, 0.15) is 18.5 Å². The number of anilines is 1. The SMILES string of the molecule is N#CCc1ccc(OCC(O)CN2CCN(c3nccs3)CC2)cc1. The minimum atomic E-state index is -0.523. The van der Waals surface area contributed by atoms with Gasteiger partial charge in [-0.2, -0.15) is 5.26 Å². The summed E-state index contributed by atoms with van der Waals surface area (Å²) in [5.74, 6) is 0.717. The van der Waals surface area contributed by atoms with Crippen LogP contribution in [0, 0.1) is 11.3 Å². The predicted octanol–water partition coefficient (Wildman–Crippen LogP) is 1.77. The molecule has 1 aromatic carbocycles. The highest BCUT2D eigenvalue weighted by molar-refractivity contribution is 7.13. The van der Waals surface area contributed by atoms with E-state index in [1.807, 2.05) is 35.8 Å². The second-order valence-corrected chi connectivity index (χ2v) is 6.92.